The summed E-state index contributed by atoms with van der Waals surface area (Å²) in [4.78, 5) is 13.0. The van der Waals surface area contributed by atoms with E-state index in [9.17, 15) is 4.79 Å². The van der Waals surface area contributed by atoms with Gasteiger partial charge in [-0.15, -0.1) is 16.4 Å². The summed E-state index contributed by atoms with van der Waals surface area (Å²) in [7, 11) is 1.70. The van der Waals surface area contributed by atoms with E-state index >= 15 is 0 Å². The third kappa shape index (κ3) is 2.21. The fourth-order valence-corrected chi connectivity index (χ4v) is 2.45. The zero-order valence-electron chi connectivity index (χ0n) is 10.8. The number of amides is 1. The number of hydrogen-bond acceptors (Lipinski definition) is 6. The van der Waals surface area contributed by atoms with Crippen molar-refractivity contribution in [3.63, 3.8) is 0 Å². The second kappa shape index (κ2) is 4.89. The van der Waals surface area contributed by atoms with Crippen molar-refractivity contribution in [1.29, 1.82) is 0 Å². The first-order valence-corrected chi connectivity index (χ1v) is 6.70. The molecule has 3 heterocycles. The van der Waals surface area contributed by atoms with Crippen molar-refractivity contribution in [3.8, 4) is 10.8 Å². The highest BCUT2D eigenvalue weighted by atomic mass is 32.1. The van der Waals surface area contributed by atoms with Gasteiger partial charge in [0.1, 0.15) is 5.69 Å². The minimum absolute atomic E-state index is 0.0685. The zero-order chi connectivity index (χ0) is 14.1. The Morgan fingerprint density at radius 2 is 2.30 bits per heavy atom. The van der Waals surface area contributed by atoms with Crippen LogP contribution in [0.1, 0.15) is 16.1 Å². The van der Waals surface area contributed by atoms with E-state index < -0.39 is 0 Å². The van der Waals surface area contributed by atoms with Crippen molar-refractivity contribution in [1.82, 2.24) is 20.0 Å². The normalized spacial score (nSPS) is 10.7. The summed E-state index contributed by atoms with van der Waals surface area (Å²) in [5.41, 5.74) is 1.24. The first kappa shape index (κ1) is 12.5. The maximum absolute atomic E-state index is 12.1. The van der Waals surface area contributed by atoms with Crippen LogP contribution in [0.25, 0.3) is 10.8 Å². The minimum Gasteiger partial charge on any atom is -0.402 e. The number of thiophene rings is 1. The van der Waals surface area contributed by atoms with Crippen LogP contribution in [0.2, 0.25) is 0 Å². The van der Waals surface area contributed by atoms with E-state index in [-0.39, 0.29) is 11.9 Å². The Labute approximate surface area is 118 Å². The maximum Gasteiger partial charge on any atom is 0.322 e. The summed E-state index contributed by atoms with van der Waals surface area (Å²) in [6, 6.07) is 3.83. The van der Waals surface area contributed by atoms with E-state index in [0.717, 1.165) is 10.4 Å². The van der Waals surface area contributed by atoms with E-state index in [0.29, 0.717) is 11.6 Å². The molecule has 7 nitrogen and oxygen atoms in total. The van der Waals surface area contributed by atoms with Gasteiger partial charge in [0, 0.05) is 7.05 Å². The molecule has 3 aromatic rings. The second-order valence-electron chi connectivity index (χ2n) is 4.14. The van der Waals surface area contributed by atoms with Crippen LogP contribution in [-0.2, 0) is 7.05 Å². The summed E-state index contributed by atoms with van der Waals surface area (Å²) >= 11 is 1.49. The molecular weight excluding hydrogens is 278 g/mol. The molecular formula is C12H11N5O2S. The Bertz CT molecular complexity index is 724. The second-order valence-corrected chi connectivity index (χ2v) is 5.09. The van der Waals surface area contributed by atoms with E-state index in [1.54, 1.807) is 13.2 Å². The average Bonchev–Trinajstić information content (AvgIpc) is 3.10. The lowest BCUT2D eigenvalue weighted by Crippen LogP contribution is -2.17. The van der Waals surface area contributed by atoms with Crippen molar-refractivity contribution in [2.75, 3.05) is 5.32 Å². The number of rotatable bonds is 3. The highest BCUT2D eigenvalue weighted by Gasteiger charge is 2.17. The Kier molecular flexibility index (Phi) is 3.07. The molecule has 0 aromatic carbocycles. The van der Waals surface area contributed by atoms with Crippen LogP contribution in [0.5, 0.6) is 0 Å². The van der Waals surface area contributed by atoms with Crippen molar-refractivity contribution < 1.29 is 9.21 Å². The van der Waals surface area contributed by atoms with Gasteiger partial charge in [-0.05, 0) is 23.9 Å². The highest BCUT2D eigenvalue weighted by Crippen LogP contribution is 2.24. The van der Waals surface area contributed by atoms with Crippen LogP contribution in [0, 0.1) is 6.92 Å². The van der Waals surface area contributed by atoms with E-state index in [1.165, 1.54) is 16.0 Å². The Balaban J connectivity index is 1.80. The molecule has 8 heteroatoms. The predicted octanol–water partition coefficient (Wildman–Crippen LogP) is 2.09. The number of aromatic nitrogens is 4. The summed E-state index contributed by atoms with van der Waals surface area (Å²) in [5.74, 6) is 0.0564. The van der Waals surface area contributed by atoms with E-state index in [4.69, 9.17) is 4.42 Å². The summed E-state index contributed by atoms with van der Waals surface area (Å²) in [6.07, 6.45) is 1.62. The molecule has 1 N–H and O–H groups in total. The largest absolute Gasteiger partial charge is 0.402 e. The van der Waals surface area contributed by atoms with Crippen LogP contribution in [0.15, 0.2) is 28.1 Å². The van der Waals surface area contributed by atoms with Gasteiger partial charge in [-0.2, -0.15) is 5.10 Å². The van der Waals surface area contributed by atoms with E-state index in [1.807, 2.05) is 24.4 Å². The number of nitrogens with zero attached hydrogens (tertiary/aromatic N) is 4. The van der Waals surface area contributed by atoms with Crippen molar-refractivity contribution >= 4 is 23.3 Å². The lowest BCUT2D eigenvalue weighted by atomic mass is 10.2. The number of carbonyl (C=O) groups excluding carboxylic acids is 1. The molecule has 0 aliphatic rings. The van der Waals surface area contributed by atoms with Gasteiger partial charge in [0.15, 0.2) is 0 Å². The summed E-state index contributed by atoms with van der Waals surface area (Å²) < 4.78 is 6.90. The highest BCUT2D eigenvalue weighted by molar-refractivity contribution is 7.13. The molecule has 0 atom stereocenters. The molecule has 1 amide bonds. The quantitative estimate of drug-likeness (QED) is 0.798. The molecule has 0 saturated heterocycles. The molecule has 0 fully saturated rings. The third-order valence-corrected chi connectivity index (χ3v) is 3.57. The van der Waals surface area contributed by atoms with E-state index in [2.05, 4.69) is 20.6 Å². The molecule has 20 heavy (non-hydrogen) atoms. The van der Waals surface area contributed by atoms with Crippen LogP contribution < -0.4 is 5.32 Å². The standard InChI is InChI=1S/C12H11N5O2S/c1-7-6-13-17(2)9(7)10(18)14-12-16-15-11(19-12)8-4-3-5-20-8/h3-6H,1-2H3,(H,14,16,18). The first-order chi connectivity index (χ1) is 9.65. The minimum atomic E-state index is -0.330. The van der Waals surface area contributed by atoms with Crippen LogP contribution in [0.4, 0.5) is 6.01 Å². The molecule has 102 valence electrons. The fraction of sp³-hybridized carbons (Fsp3) is 0.167. The number of anilines is 1. The van der Waals surface area contributed by atoms with Crippen molar-refractivity contribution in [3.05, 3.63) is 35.0 Å². The van der Waals surface area contributed by atoms with Crippen molar-refractivity contribution in [2.45, 2.75) is 6.92 Å². The van der Waals surface area contributed by atoms with Gasteiger partial charge < -0.3 is 4.42 Å². The summed E-state index contributed by atoms with van der Waals surface area (Å²) in [6.45, 7) is 1.81. The Hall–Kier alpha value is -2.48. The van der Waals surface area contributed by atoms with Crippen LogP contribution in [0.3, 0.4) is 0 Å². The molecule has 0 radical (unpaired) electrons. The Morgan fingerprint density at radius 1 is 1.45 bits per heavy atom. The summed E-state index contributed by atoms with van der Waals surface area (Å²) in [5, 5.41) is 16.2. The van der Waals surface area contributed by atoms with Gasteiger partial charge in [0.05, 0.1) is 11.1 Å². The third-order valence-electron chi connectivity index (χ3n) is 2.71. The van der Waals surface area contributed by atoms with Crippen LogP contribution in [-0.4, -0.2) is 25.9 Å². The molecule has 3 rings (SSSR count). The molecule has 0 aliphatic carbocycles. The molecule has 0 unspecified atom stereocenters. The van der Waals surface area contributed by atoms with Gasteiger partial charge in [-0.3, -0.25) is 14.8 Å². The molecule has 0 bridgehead atoms. The molecule has 0 spiro atoms. The average molecular weight is 289 g/mol. The smallest absolute Gasteiger partial charge is 0.322 e. The monoisotopic (exact) mass is 289 g/mol. The molecule has 0 aliphatic heterocycles. The van der Waals surface area contributed by atoms with Gasteiger partial charge >= 0.3 is 6.01 Å². The van der Waals surface area contributed by atoms with Gasteiger partial charge in [0.2, 0.25) is 0 Å². The molecule has 3 aromatic heterocycles. The van der Waals surface area contributed by atoms with Crippen molar-refractivity contribution in [2.24, 2.45) is 7.05 Å². The SMILES string of the molecule is Cc1cnn(C)c1C(=O)Nc1nnc(-c2cccs2)o1. The lowest BCUT2D eigenvalue weighted by molar-refractivity contribution is 0.101. The van der Waals surface area contributed by atoms with Gasteiger partial charge in [-0.1, -0.05) is 11.2 Å². The fourth-order valence-electron chi connectivity index (χ4n) is 1.80. The molecule has 0 saturated carbocycles. The predicted molar refractivity (Wildman–Crippen MR) is 73.5 cm³/mol. The Morgan fingerprint density at radius 3 is 2.95 bits per heavy atom. The van der Waals surface area contributed by atoms with Gasteiger partial charge in [0.25, 0.3) is 11.8 Å². The first-order valence-electron chi connectivity index (χ1n) is 5.82. The maximum atomic E-state index is 12.1. The topological polar surface area (TPSA) is 85.8 Å². The zero-order valence-corrected chi connectivity index (χ0v) is 11.6. The van der Waals surface area contributed by atoms with Crippen LogP contribution >= 0.6 is 11.3 Å². The number of carbonyl (C=O) groups is 1. The van der Waals surface area contributed by atoms with Gasteiger partial charge in [-0.25, -0.2) is 0 Å². The number of hydrogen-bond donors (Lipinski definition) is 1. The number of aryl methyl sites for hydroxylation is 2. The number of nitrogens with one attached hydrogen (secondary N) is 1. The lowest BCUT2D eigenvalue weighted by Gasteiger charge is -2.02.